The maximum Gasteiger partial charge on any atom is 0.433 e. The van der Waals surface area contributed by atoms with Gasteiger partial charge in [-0.3, -0.25) is 4.79 Å². The average Bonchev–Trinajstić information content (AvgIpc) is 2.54. The fraction of sp³-hybridized carbons (Fsp3) is 0.333. The van der Waals surface area contributed by atoms with Crippen LogP contribution in [0, 0.1) is 6.92 Å². The normalized spacial score (nSPS) is 17.2. The van der Waals surface area contributed by atoms with Crippen molar-refractivity contribution < 1.29 is 18.0 Å². The maximum absolute atomic E-state index is 12.7. The molecule has 0 bridgehead atoms. The smallest absolute Gasteiger partial charge is 0.345 e. The Hall–Kier alpha value is -2.37. The van der Waals surface area contributed by atoms with E-state index >= 15 is 0 Å². The average molecular weight is 334 g/mol. The first-order valence-corrected chi connectivity index (χ1v) is 7.80. The molecule has 1 aliphatic carbocycles. The van der Waals surface area contributed by atoms with Crippen molar-refractivity contribution in [2.24, 2.45) is 0 Å². The first-order chi connectivity index (χ1) is 11.4. The van der Waals surface area contributed by atoms with Gasteiger partial charge in [0, 0.05) is 0 Å². The van der Waals surface area contributed by atoms with Crippen LogP contribution >= 0.6 is 0 Å². The molecule has 1 atom stereocenters. The molecule has 3 rings (SSSR count). The van der Waals surface area contributed by atoms with E-state index in [4.69, 9.17) is 0 Å². The van der Waals surface area contributed by atoms with Gasteiger partial charge >= 0.3 is 6.18 Å². The number of amides is 1. The van der Waals surface area contributed by atoms with Crippen molar-refractivity contribution in [2.45, 2.75) is 38.4 Å². The van der Waals surface area contributed by atoms with Crippen molar-refractivity contribution in [3.8, 4) is 0 Å². The van der Waals surface area contributed by atoms with E-state index in [-0.39, 0.29) is 17.3 Å². The molecule has 0 saturated carbocycles. The van der Waals surface area contributed by atoms with Crippen LogP contribution in [-0.2, 0) is 12.6 Å². The molecule has 1 aromatic heterocycles. The van der Waals surface area contributed by atoms with Gasteiger partial charge in [0.2, 0.25) is 0 Å². The van der Waals surface area contributed by atoms with Gasteiger partial charge in [-0.05, 0) is 49.4 Å². The molecule has 2 aromatic rings. The Morgan fingerprint density at radius 1 is 1.21 bits per heavy atom. The van der Waals surface area contributed by atoms with Crippen molar-refractivity contribution in [2.75, 3.05) is 0 Å². The number of aromatic nitrogens is 1. The lowest BCUT2D eigenvalue weighted by atomic mass is 9.87. The van der Waals surface area contributed by atoms with Crippen LogP contribution in [0.4, 0.5) is 13.2 Å². The lowest BCUT2D eigenvalue weighted by Crippen LogP contribution is -2.31. The summed E-state index contributed by atoms with van der Waals surface area (Å²) in [5.41, 5.74) is 1.54. The van der Waals surface area contributed by atoms with Crippen LogP contribution in [0.3, 0.4) is 0 Å². The molecule has 0 saturated heterocycles. The second kappa shape index (κ2) is 6.26. The molecule has 3 nitrogen and oxygen atoms in total. The predicted molar refractivity (Wildman–Crippen MR) is 83.6 cm³/mol. The Morgan fingerprint density at radius 3 is 2.67 bits per heavy atom. The molecule has 6 heteroatoms. The Balaban J connectivity index is 1.82. The SMILES string of the molecule is Cc1nc(C(F)(F)F)ccc1C(=O)NC1CCCc2ccccc21. The third-order valence-corrected chi connectivity index (χ3v) is 4.30. The number of alkyl halides is 3. The fourth-order valence-electron chi connectivity index (χ4n) is 3.10. The van der Waals surface area contributed by atoms with Gasteiger partial charge in [0.15, 0.2) is 0 Å². The minimum absolute atomic E-state index is 0.0754. The summed E-state index contributed by atoms with van der Waals surface area (Å²) < 4.78 is 38.0. The van der Waals surface area contributed by atoms with Crippen LogP contribution in [-0.4, -0.2) is 10.9 Å². The standard InChI is InChI=1S/C18H17F3N2O/c1-11-13(9-10-16(22-11)18(19,20)21)17(24)23-15-8-4-6-12-5-2-3-7-14(12)15/h2-3,5,7,9-10,15H,4,6,8H2,1H3,(H,23,24). The van der Waals surface area contributed by atoms with E-state index in [9.17, 15) is 18.0 Å². The van der Waals surface area contributed by atoms with Gasteiger partial charge in [0.1, 0.15) is 5.69 Å². The summed E-state index contributed by atoms with van der Waals surface area (Å²) in [6.45, 7) is 1.42. The minimum atomic E-state index is -4.51. The van der Waals surface area contributed by atoms with Gasteiger partial charge in [-0.15, -0.1) is 0 Å². The molecule has 1 aromatic carbocycles. The van der Waals surface area contributed by atoms with Crippen LogP contribution in [0.2, 0.25) is 0 Å². The van der Waals surface area contributed by atoms with E-state index in [1.165, 1.54) is 18.6 Å². The first kappa shape index (κ1) is 16.5. The maximum atomic E-state index is 12.7. The van der Waals surface area contributed by atoms with E-state index in [1.54, 1.807) is 0 Å². The van der Waals surface area contributed by atoms with Gasteiger partial charge in [0.25, 0.3) is 5.91 Å². The number of nitrogens with one attached hydrogen (secondary N) is 1. The van der Waals surface area contributed by atoms with E-state index in [0.29, 0.717) is 0 Å². The largest absolute Gasteiger partial charge is 0.433 e. The van der Waals surface area contributed by atoms with E-state index in [0.717, 1.165) is 30.9 Å². The number of nitrogens with zero attached hydrogens (tertiary/aromatic N) is 1. The summed E-state index contributed by atoms with van der Waals surface area (Å²) in [7, 11) is 0. The van der Waals surface area contributed by atoms with Crippen molar-refractivity contribution in [1.29, 1.82) is 0 Å². The Morgan fingerprint density at radius 2 is 1.96 bits per heavy atom. The van der Waals surface area contributed by atoms with Crippen molar-refractivity contribution >= 4 is 5.91 Å². The minimum Gasteiger partial charge on any atom is -0.345 e. The number of halogens is 3. The summed E-state index contributed by atoms with van der Waals surface area (Å²) in [5.74, 6) is -0.393. The zero-order chi connectivity index (χ0) is 17.3. The quantitative estimate of drug-likeness (QED) is 0.894. The monoisotopic (exact) mass is 334 g/mol. The highest BCUT2D eigenvalue weighted by Crippen LogP contribution is 2.30. The molecular weight excluding hydrogens is 317 g/mol. The lowest BCUT2D eigenvalue weighted by molar-refractivity contribution is -0.141. The highest BCUT2D eigenvalue weighted by Gasteiger charge is 2.33. The summed E-state index contributed by atoms with van der Waals surface area (Å²) >= 11 is 0. The van der Waals surface area contributed by atoms with E-state index in [1.807, 2.05) is 24.3 Å². The van der Waals surface area contributed by atoms with Gasteiger partial charge in [-0.25, -0.2) is 4.98 Å². The van der Waals surface area contributed by atoms with Crippen LogP contribution < -0.4 is 5.32 Å². The lowest BCUT2D eigenvalue weighted by Gasteiger charge is -2.26. The number of pyridine rings is 1. The van der Waals surface area contributed by atoms with Gasteiger partial charge in [-0.2, -0.15) is 13.2 Å². The van der Waals surface area contributed by atoms with Crippen LogP contribution in [0.5, 0.6) is 0 Å². The van der Waals surface area contributed by atoms with Crippen molar-refractivity contribution in [3.63, 3.8) is 0 Å². The van der Waals surface area contributed by atoms with Crippen LogP contribution in [0.25, 0.3) is 0 Å². The molecule has 1 N–H and O–H groups in total. The topological polar surface area (TPSA) is 42.0 Å². The number of aryl methyl sites for hydroxylation is 2. The summed E-state index contributed by atoms with van der Waals surface area (Å²) in [6, 6.07) is 9.83. The van der Waals surface area contributed by atoms with Crippen molar-refractivity contribution in [1.82, 2.24) is 10.3 Å². The molecule has 1 heterocycles. The highest BCUT2D eigenvalue weighted by molar-refractivity contribution is 5.95. The fourth-order valence-corrected chi connectivity index (χ4v) is 3.10. The molecule has 1 aliphatic rings. The number of carbonyl (C=O) groups excluding carboxylic acids is 1. The van der Waals surface area contributed by atoms with Gasteiger partial charge < -0.3 is 5.32 Å². The van der Waals surface area contributed by atoms with Crippen molar-refractivity contribution in [3.05, 3.63) is 64.5 Å². The molecule has 126 valence electrons. The Bertz CT molecular complexity index is 771. The third-order valence-electron chi connectivity index (χ3n) is 4.30. The van der Waals surface area contributed by atoms with Crippen LogP contribution in [0.15, 0.2) is 36.4 Å². The van der Waals surface area contributed by atoms with E-state index in [2.05, 4.69) is 10.3 Å². The zero-order valence-corrected chi connectivity index (χ0v) is 13.2. The number of benzene rings is 1. The summed E-state index contributed by atoms with van der Waals surface area (Å²) in [5, 5.41) is 2.93. The number of rotatable bonds is 2. The molecule has 0 spiro atoms. The molecule has 1 unspecified atom stereocenters. The first-order valence-electron chi connectivity index (χ1n) is 7.80. The number of hydrogen-bond donors (Lipinski definition) is 1. The predicted octanol–water partition coefficient (Wildman–Crippen LogP) is 4.22. The molecule has 0 radical (unpaired) electrons. The summed E-state index contributed by atoms with van der Waals surface area (Å²) in [6.07, 6.45) is -1.76. The van der Waals surface area contributed by atoms with Crippen LogP contribution in [0.1, 0.15) is 51.8 Å². The second-order valence-electron chi connectivity index (χ2n) is 5.94. The Kier molecular flexibility index (Phi) is 4.30. The number of hydrogen-bond acceptors (Lipinski definition) is 2. The zero-order valence-electron chi connectivity index (χ0n) is 13.2. The van der Waals surface area contributed by atoms with Gasteiger partial charge in [0.05, 0.1) is 17.3 Å². The molecule has 0 fully saturated rings. The highest BCUT2D eigenvalue weighted by atomic mass is 19.4. The van der Waals surface area contributed by atoms with Gasteiger partial charge in [-0.1, -0.05) is 24.3 Å². The number of carbonyl (C=O) groups is 1. The van der Waals surface area contributed by atoms with E-state index < -0.39 is 17.8 Å². The molecule has 0 aliphatic heterocycles. The molecule has 1 amide bonds. The third kappa shape index (κ3) is 3.27. The molecular formula is C18H17F3N2O. The molecule has 24 heavy (non-hydrogen) atoms. The Labute approximate surface area is 137 Å². The number of fused-ring (bicyclic) bond motifs is 1. The second-order valence-corrected chi connectivity index (χ2v) is 5.94. The summed E-state index contributed by atoms with van der Waals surface area (Å²) in [4.78, 5) is 16.0.